The summed E-state index contributed by atoms with van der Waals surface area (Å²) < 4.78 is 2.67. The Hall–Kier alpha value is -2.44. The number of fused-ring (bicyclic) bond motifs is 1. The molecule has 1 saturated heterocycles. The van der Waals surface area contributed by atoms with Crippen LogP contribution in [-0.4, -0.2) is 28.5 Å². The highest BCUT2D eigenvalue weighted by atomic mass is 32.1. The van der Waals surface area contributed by atoms with Gasteiger partial charge in [0.2, 0.25) is 0 Å². The first kappa shape index (κ1) is 18.9. The zero-order valence-corrected chi connectivity index (χ0v) is 17.1. The number of aromatic nitrogens is 1. The maximum absolute atomic E-state index is 12.6. The lowest BCUT2D eigenvalue weighted by Crippen LogP contribution is -2.18. The molecule has 0 saturated carbocycles. The fourth-order valence-corrected chi connectivity index (χ4v) is 4.82. The second kappa shape index (κ2) is 7.89. The van der Waals surface area contributed by atoms with E-state index in [1.165, 1.54) is 29.7 Å². The van der Waals surface area contributed by atoms with Crippen LogP contribution < -0.4 is 10.2 Å². The highest BCUT2D eigenvalue weighted by molar-refractivity contribution is 7.16. The molecule has 4 rings (SSSR count). The average molecular weight is 396 g/mol. The Morgan fingerprint density at radius 2 is 1.82 bits per heavy atom. The van der Waals surface area contributed by atoms with Crippen LogP contribution in [0.4, 0.5) is 5.69 Å². The Labute approximate surface area is 168 Å². The fraction of sp³-hybridized carbons (Fsp3) is 0.364. The van der Waals surface area contributed by atoms with Crippen LogP contribution in [0.5, 0.6) is 0 Å². The van der Waals surface area contributed by atoms with E-state index < -0.39 is 0 Å². The van der Waals surface area contributed by atoms with Gasteiger partial charge in [-0.05, 0) is 75.7 Å². The van der Waals surface area contributed by atoms with Crippen molar-refractivity contribution in [3.8, 4) is 0 Å². The van der Waals surface area contributed by atoms with E-state index in [9.17, 15) is 9.59 Å². The molecule has 0 radical (unpaired) electrons. The summed E-state index contributed by atoms with van der Waals surface area (Å²) >= 11 is 1.21. The second-order valence-electron chi connectivity index (χ2n) is 7.65. The quantitative estimate of drug-likeness (QED) is 0.692. The van der Waals surface area contributed by atoms with E-state index >= 15 is 0 Å². The standard InChI is InChI=1S/C22H25N3O2S/c1-15(2)25-19-10-9-18(13-20(19)28-22(25)27)23-21(26)17-7-5-16(6-8-17)14-24-11-3-4-12-24/h5-10,13,15H,3-4,11-12,14H2,1-2H3,(H,23,26). The second-order valence-corrected chi connectivity index (χ2v) is 8.64. The number of carbonyl (C=O) groups excluding carboxylic acids is 1. The van der Waals surface area contributed by atoms with Crippen LogP contribution >= 0.6 is 11.3 Å². The number of carbonyl (C=O) groups is 1. The van der Waals surface area contributed by atoms with Crippen molar-refractivity contribution in [2.24, 2.45) is 0 Å². The largest absolute Gasteiger partial charge is 0.322 e. The maximum Gasteiger partial charge on any atom is 0.308 e. The average Bonchev–Trinajstić information content (AvgIpc) is 3.28. The van der Waals surface area contributed by atoms with Gasteiger partial charge in [-0.2, -0.15) is 0 Å². The normalized spacial score (nSPS) is 14.8. The van der Waals surface area contributed by atoms with Crippen LogP contribution in [0.2, 0.25) is 0 Å². The molecule has 0 atom stereocenters. The van der Waals surface area contributed by atoms with Crippen molar-refractivity contribution in [1.82, 2.24) is 9.47 Å². The highest BCUT2D eigenvalue weighted by Gasteiger charge is 2.14. The number of hydrogen-bond acceptors (Lipinski definition) is 4. The first-order valence-electron chi connectivity index (χ1n) is 9.79. The van der Waals surface area contributed by atoms with Crippen molar-refractivity contribution < 1.29 is 4.79 Å². The van der Waals surface area contributed by atoms with Crippen molar-refractivity contribution in [3.63, 3.8) is 0 Å². The van der Waals surface area contributed by atoms with Crippen molar-refractivity contribution in [2.75, 3.05) is 18.4 Å². The van der Waals surface area contributed by atoms with Crippen molar-refractivity contribution in [1.29, 1.82) is 0 Å². The summed E-state index contributed by atoms with van der Waals surface area (Å²) in [5.41, 5.74) is 3.49. The Morgan fingerprint density at radius 1 is 1.11 bits per heavy atom. The third-order valence-electron chi connectivity index (χ3n) is 5.21. The number of nitrogens with zero attached hydrogens (tertiary/aromatic N) is 2. The number of nitrogens with one attached hydrogen (secondary N) is 1. The summed E-state index contributed by atoms with van der Waals surface area (Å²) in [5, 5.41) is 2.95. The molecule has 1 aliphatic heterocycles. The Balaban J connectivity index is 1.47. The molecule has 0 aliphatic carbocycles. The number of likely N-dealkylation sites (tertiary alicyclic amines) is 1. The first-order chi connectivity index (χ1) is 13.5. The van der Waals surface area contributed by atoms with E-state index in [1.54, 1.807) is 4.57 Å². The molecule has 5 nitrogen and oxygen atoms in total. The molecule has 1 aromatic heterocycles. The van der Waals surface area contributed by atoms with E-state index in [-0.39, 0.29) is 16.8 Å². The summed E-state index contributed by atoms with van der Waals surface area (Å²) in [6.45, 7) is 7.27. The molecule has 1 N–H and O–H groups in total. The Kier molecular flexibility index (Phi) is 5.33. The highest BCUT2D eigenvalue weighted by Crippen LogP contribution is 2.24. The molecule has 1 amide bonds. The van der Waals surface area contributed by atoms with Crippen LogP contribution in [0.25, 0.3) is 10.2 Å². The van der Waals surface area contributed by atoms with Gasteiger partial charge in [-0.1, -0.05) is 23.5 Å². The minimum atomic E-state index is -0.136. The van der Waals surface area contributed by atoms with Gasteiger partial charge in [0.1, 0.15) is 0 Å². The maximum atomic E-state index is 12.6. The van der Waals surface area contributed by atoms with Gasteiger partial charge >= 0.3 is 4.87 Å². The Bertz CT molecular complexity index is 1040. The lowest BCUT2D eigenvalue weighted by molar-refractivity contribution is 0.102. The summed E-state index contributed by atoms with van der Waals surface area (Å²) in [6, 6.07) is 13.6. The summed E-state index contributed by atoms with van der Waals surface area (Å²) in [7, 11) is 0. The molecule has 3 aromatic rings. The van der Waals surface area contributed by atoms with Gasteiger partial charge in [0.05, 0.1) is 10.2 Å². The van der Waals surface area contributed by atoms with Crippen molar-refractivity contribution >= 4 is 33.1 Å². The van der Waals surface area contributed by atoms with Crippen LogP contribution in [-0.2, 0) is 6.54 Å². The van der Waals surface area contributed by atoms with Crippen LogP contribution in [0, 0.1) is 0 Å². The molecule has 1 fully saturated rings. The molecule has 6 heteroatoms. The number of hydrogen-bond donors (Lipinski definition) is 1. The molecule has 1 aliphatic rings. The molecule has 0 spiro atoms. The predicted molar refractivity (Wildman–Crippen MR) is 115 cm³/mol. The summed E-state index contributed by atoms with van der Waals surface area (Å²) in [4.78, 5) is 27.3. The van der Waals surface area contributed by atoms with Gasteiger partial charge in [-0.25, -0.2) is 0 Å². The summed E-state index contributed by atoms with van der Waals surface area (Å²) in [5.74, 6) is -0.136. The minimum absolute atomic E-state index is 0.0297. The molecule has 2 heterocycles. The van der Waals surface area contributed by atoms with E-state index in [0.717, 1.165) is 29.9 Å². The molecule has 0 unspecified atom stereocenters. The number of anilines is 1. The van der Waals surface area contributed by atoms with Crippen LogP contribution in [0.1, 0.15) is 48.7 Å². The van der Waals surface area contributed by atoms with Gasteiger partial charge in [0.25, 0.3) is 5.91 Å². The number of amides is 1. The van der Waals surface area contributed by atoms with E-state index in [1.807, 2.05) is 56.3 Å². The molecule has 146 valence electrons. The SMILES string of the molecule is CC(C)n1c(=O)sc2cc(NC(=O)c3ccc(CN4CCCC4)cc3)ccc21. The van der Waals surface area contributed by atoms with Gasteiger partial charge < -0.3 is 5.32 Å². The smallest absolute Gasteiger partial charge is 0.308 e. The summed E-state index contributed by atoms with van der Waals surface area (Å²) in [6.07, 6.45) is 2.56. The van der Waals surface area contributed by atoms with Gasteiger partial charge in [0, 0.05) is 23.8 Å². The Morgan fingerprint density at radius 3 is 2.50 bits per heavy atom. The topological polar surface area (TPSA) is 54.3 Å². The van der Waals surface area contributed by atoms with E-state index in [0.29, 0.717) is 11.3 Å². The number of benzene rings is 2. The number of rotatable bonds is 5. The van der Waals surface area contributed by atoms with Gasteiger partial charge in [-0.15, -0.1) is 0 Å². The monoisotopic (exact) mass is 395 g/mol. The fourth-order valence-electron chi connectivity index (χ4n) is 3.77. The molecular formula is C22H25N3O2S. The minimum Gasteiger partial charge on any atom is -0.322 e. The third-order valence-corrected chi connectivity index (χ3v) is 6.13. The predicted octanol–water partition coefficient (Wildman–Crippen LogP) is 4.49. The third kappa shape index (κ3) is 3.88. The zero-order valence-electron chi connectivity index (χ0n) is 16.3. The van der Waals surface area contributed by atoms with E-state index in [2.05, 4.69) is 10.2 Å². The van der Waals surface area contributed by atoms with Crippen LogP contribution in [0.3, 0.4) is 0 Å². The first-order valence-corrected chi connectivity index (χ1v) is 10.6. The van der Waals surface area contributed by atoms with Crippen molar-refractivity contribution in [3.05, 3.63) is 63.3 Å². The zero-order chi connectivity index (χ0) is 19.7. The van der Waals surface area contributed by atoms with E-state index in [4.69, 9.17) is 0 Å². The van der Waals surface area contributed by atoms with Gasteiger partial charge in [-0.3, -0.25) is 19.1 Å². The number of thiazole rings is 1. The molecule has 28 heavy (non-hydrogen) atoms. The lowest BCUT2D eigenvalue weighted by atomic mass is 10.1. The van der Waals surface area contributed by atoms with Crippen LogP contribution in [0.15, 0.2) is 47.3 Å². The van der Waals surface area contributed by atoms with Crippen molar-refractivity contribution in [2.45, 2.75) is 39.3 Å². The lowest BCUT2D eigenvalue weighted by Gasteiger charge is -2.14. The molecule has 0 bridgehead atoms. The molecule has 2 aromatic carbocycles. The molecular weight excluding hydrogens is 370 g/mol. The van der Waals surface area contributed by atoms with Gasteiger partial charge in [0.15, 0.2) is 0 Å².